The first-order chi connectivity index (χ1) is 21.5. The number of nitrogens with zero attached hydrogens (tertiary/aromatic N) is 2. The zero-order valence-electron chi connectivity index (χ0n) is 25.5. The number of rotatable bonds is 13. The lowest BCUT2D eigenvalue weighted by Crippen LogP contribution is -2.54. The van der Waals surface area contributed by atoms with Crippen LogP contribution in [0.2, 0.25) is 10.0 Å². The Hall–Kier alpha value is -3.85. The lowest BCUT2D eigenvalue weighted by molar-refractivity contribution is -0.140. The molecule has 1 N–H and O–H groups in total. The van der Waals surface area contributed by atoms with E-state index in [9.17, 15) is 18.0 Å². The smallest absolute Gasteiger partial charge is 0.264 e. The van der Waals surface area contributed by atoms with Gasteiger partial charge in [0.05, 0.1) is 10.6 Å². The van der Waals surface area contributed by atoms with Gasteiger partial charge in [0, 0.05) is 29.1 Å². The molecule has 0 heterocycles. The molecular formula is C35H37Cl2N3O4S. The third-order valence-electron chi connectivity index (χ3n) is 7.57. The van der Waals surface area contributed by atoms with Crippen molar-refractivity contribution in [1.82, 2.24) is 10.2 Å². The van der Waals surface area contributed by atoms with E-state index in [1.54, 1.807) is 60.7 Å². The summed E-state index contributed by atoms with van der Waals surface area (Å²) in [6.07, 6.45) is 0.909. The number of hydrogen-bond acceptors (Lipinski definition) is 4. The van der Waals surface area contributed by atoms with Gasteiger partial charge in [0.2, 0.25) is 11.8 Å². The highest BCUT2D eigenvalue weighted by Gasteiger charge is 2.35. The Bertz CT molecular complexity index is 1700. The molecule has 0 aromatic heterocycles. The van der Waals surface area contributed by atoms with Crippen molar-refractivity contribution in [1.29, 1.82) is 0 Å². The third kappa shape index (κ3) is 8.87. The van der Waals surface area contributed by atoms with E-state index in [1.807, 2.05) is 51.1 Å². The lowest BCUT2D eigenvalue weighted by atomic mass is 10.0. The van der Waals surface area contributed by atoms with Crippen LogP contribution in [0.1, 0.15) is 37.0 Å². The molecule has 0 aliphatic heterocycles. The highest BCUT2D eigenvalue weighted by atomic mass is 35.5. The number of nitrogens with one attached hydrogen (secondary N) is 1. The van der Waals surface area contributed by atoms with E-state index in [1.165, 1.54) is 17.0 Å². The number of benzene rings is 4. The summed E-state index contributed by atoms with van der Waals surface area (Å²) >= 11 is 12.7. The number of carbonyl (C=O) groups excluding carboxylic acids is 2. The molecule has 0 radical (unpaired) electrons. The molecule has 0 saturated carbocycles. The van der Waals surface area contributed by atoms with E-state index in [2.05, 4.69) is 5.32 Å². The van der Waals surface area contributed by atoms with E-state index in [0.29, 0.717) is 22.0 Å². The van der Waals surface area contributed by atoms with E-state index >= 15 is 0 Å². The summed E-state index contributed by atoms with van der Waals surface area (Å²) < 4.78 is 29.3. The van der Waals surface area contributed by atoms with Crippen LogP contribution < -0.4 is 9.62 Å². The normalized spacial score (nSPS) is 12.6. The van der Waals surface area contributed by atoms with E-state index < -0.39 is 28.5 Å². The molecule has 2 unspecified atom stereocenters. The molecule has 0 aliphatic rings. The number of aryl methyl sites for hydroxylation is 1. The van der Waals surface area contributed by atoms with Crippen molar-refractivity contribution in [2.24, 2.45) is 0 Å². The number of anilines is 1. The molecule has 0 fully saturated rings. The van der Waals surface area contributed by atoms with Crippen molar-refractivity contribution in [2.45, 2.75) is 57.1 Å². The summed E-state index contributed by atoms with van der Waals surface area (Å²) in [5, 5.41) is 3.87. The number of amides is 2. The Balaban J connectivity index is 1.81. The van der Waals surface area contributed by atoms with Gasteiger partial charge in [0.1, 0.15) is 12.6 Å². The van der Waals surface area contributed by atoms with Crippen molar-refractivity contribution < 1.29 is 18.0 Å². The van der Waals surface area contributed by atoms with Crippen LogP contribution in [-0.4, -0.2) is 43.8 Å². The number of halogens is 2. The maximum atomic E-state index is 14.5. The maximum absolute atomic E-state index is 14.5. The standard InChI is InChI=1S/C35H37Cl2N3O4S/c1-4-26(3)38-35(42)33(22-27-10-6-5-7-11-27)39(23-28-12-8-9-13-32(28)37)34(41)24-40(30-18-16-29(36)17-19-30)45(43,44)31-20-14-25(2)15-21-31/h5-21,26,33H,4,22-24H2,1-3H3,(H,38,42). The molecule has 2 amide bonds. The first-order valence-electron chi connectivity index (χ1n) is 14.7. The third-order valence-corrected chi connectivity index (χ3v) is 9.98. The van der Waals surface area contributed by atoms with Gasteiger partial charge in [-0.2, -0.15) is 0 Å². The molecule has 0 saturated heterocycles. The second-order valence-electron chi connectivity index (χ2n) is 10.9. The quantitative estimate of drug-likeness (QED) is 0.166. The first-order valence-corrected chi connectivity index (χ1v) is 16.9. The molecule has 4 rings (SSSR count). The second kappa shape index (κ2) is 15.4. The van der Waals surface area contributed by atoms with Crippen LogP contribution in [0.15, 0.2) is 108 Å². The number of sulfonamides is 1. The minimum Gasteiger partial charge on any atom is -0.352 e. The second-order valence-corrected chi connectivity index (χ2v) is 13.6. The summed E-state index contributed by atoms with van der Waals surface area (Å²) in [5.74, 6) is -0.908. The topological polar surface area (TPSA) is 86.8 Å². The monoisotopic (exact) mass is 665 g/mol. The summed E-state index contributed by atoms with van der Waals surface area (Å²) in [5.41, 5.74) is 2.63. The number of hydrogen-bond donors (Lipinski definition) is 1. The largest absolute Gasteiger partial charge is 0.352 e. The molecule has 2 atom stereocenters. The van der Waals surface area contributed by atoms with Crippen LogP contribution in [0, 0.1) is 6.92 Å². The van der Waals surface area contributed by atoms with Gasteiger partial charge in [0.25, 0.3) is 10.0 Å². The predicted molar refractivity (Wildman–Crippen MR) is 181 cm³/mol. The van der Waals surface area contributed by atoms with E-state index in [0.717, 1.165) is 15.4 Å². The van der Waals surface area contributed by atoms with Gasteiger partial charge in [-0.15, -0.1) is 0 Å². The van der Waals surface area contributed by atoms with Crippen molar-refractivity contribution in [3.05, 3.63) is 130 Å². The van der Waals surface area contributed by atoms with Crippen LogP contribution >= 0.6 is 23.2 Å². The molecular weight excluding hydrogens is 629 g/mol. The van der Waals surface area contributed by atoms with Crippen LogP contribution in [0.3, 0.4) is 0 Å². The Morgan fingerprint density at radius 1 is 0.844 bits per heavy atom. The minimum atomic E-state index is -4.20. The molecule has 0 bridgehead atoms. The van der Waals surface area contributed by atoms with Gasteiger partial charge in [-0.25, -0.2) is 8.42 Å². The highest BCUT2D eigenvalue weighted by molar-refractivity contribution is 7.92. The average Bonchev–Trinajstić information content (AvgIpc) is 3.03. The fourth-order valence-corrected chi connectivity index (χ4v) is 6.51. The molecule has 7 nitrogen and oxygen atoms in total. The molecule has 4 aromatic rings. The average molecular weight is 667 g/mol. The maximum Gasteiger partial charge on any atom is 0.264 e. The fourth-order valence-electron chi connectivity index (χ4n) is 4.78. The van der Waals surface area contributed by atoms with Gasteiger partial charge in [-0.3, -0.25) is 13.9 Å². The Labute approximate surface area is 275 Å². The first kappa shape index (κ1) is 34.0. The van der Waals surface area contributed by atoms with Crippen LogP contribution in [-0.2, 0) is 32.6 Å². The zero-order chi connectivity index (χ0) is 32.6. The van der Waals surface area contributed by atoms with E-state index in [4.69, 9.17) is 23.2 Å². The van der Waals surface area contributed by atoms with Gasteiger partial charge in [-0.05, 0) is 73.9 Å². The Kier molecular flexibility index (Phi) is 11.7. The van der Waals surface area contributed by atoms with Gasteiger partial charge >= 0.3 is 0 Å². The van der Waals surface area contributed by atoms with Crippen LogP contribution in [0.25, 0.3) is 0 Å². The van der Waals surface area contributed by atoms with Crippen LogP contribution in [0.5, 0.6) is 0 Å². The molecule has 4 aromatic carbocycles. The highest BCUT2D eigenvalue weighted by Crippen LogP contribution is 2.27. The van der Waals surface area contributed by atoms with Gasteiger partial charge < -0.3 is 10.2 Å². The fraction of sp³-hybridized carbons (Fsp3) is 0.257. The van der Waals surface area contributed by atoms with Gasteiger partial charge in [0.15, 0.2) is 0 Å². The SMILES string of the molecule is CCC(C)NC(=O)C(Cc1ccccc1)N(Cc1ccccc1Cl)C(=O)CN(c1ccc(Cl)cc1)S(=O)(=O)c1ccc(C)cc1. The van der Waals surface area contributed by atoms with Crippen molar-refractivity contribution in [2.75, 3.05) is 10.8 Å². The summed E-state index contributed by atoms with van der Waals surface area (Å²) in [4.78, 5) is 29.9. The Morgan fingerprint density at radius 3 is 2.09 bits per heavy atom. The van der Waals surface area contributed by atoms with E-state index in [-0.39, 0.29) is 35.5 Å². The van der Waals surface area contributed by atoms with Crippen molar-refractivity contribution >= 4 is 50.7 Å². The summed E-state index contributed by atoms with van der Waals surface area (Å²) in [7, 11) is -4.20. The van der Waals surface area contributed by atoms with Crippen LogP contribution in [0.4, 0.5) is 5.69 Å². The summed E-state index contributed by atoms with van der Waals surface area (Å²) in [6.45, 7) is 5.14. The lowest BCUT2D eigenvalue weighted by Gasteiger charge is -2.34. The summed E-state index contributed by atoms with van der Waals surface area (Å²) in [6, 6.07) is 28.1. The Morgan fingerprint density at radius 2 is 1.47 bits per heavy atom. The minimum absolute atomic E-state index is 0.0109. The zero-order valence-corrected chi connectivity index (χ0v) is 27.8. The predicted octanol–water partition coefficient (Wildman–Crippen LogP) is 7.05. The number of carbonyl (C=O) groups is 2. The van der Waals surface area contributed by atoms with Crippen molar-refractivity contribution in [3.63, 3.8) is 0 Å². The molecule has 0 aliphatic carbocycles. The van der Waals surface area contributed by atoms with Gasteiger partial charge in [-0.1, -0.05) is 96.4 Å². The molecule has 0 spiro atoms. The molecule has 10 heteroatoms. The van der Waals surface area contributed by atoms with Crippen molar-refractivity contribution in [3.8, 4) is 0 Å². The molecule has 236 valence electrons. The molecule has 45 heavy (non-hydrogen) atoms.